The van der Waals surface area contributed by atoms with Crippen LogP contribution in [0, 0.1) is 0 Å². The minimum atomic E-state index is -0.219. The van der Waals surface area contributed by atoms with Gasteiger partial charge < -0.3 is 14.6 Å². The number of hydrogen-bond donors (Lipinski definition) is 1. The normalized spacial score (nSPS) is 22.7. The minimum absolute atomic E-state index is 0.188. The maximum atomic E-state index is 10.5. The quantitative estimate of drug-likeness (QED) is 0.776. The van der Waals surface area contributed by atoms with Crippen molar-refractivity contribution in [2.75, 3.05) is 0 Å². The van der Waals surface area contributed by atoms with Gasteiger partial charge in [-0.25, -0.2) is 0 Å². The molecule has 0 aromatic heterocycles. The smallest absolute Gasteiger partial charge is 0.201 e. The number of phenolic OH excluding ortho intramolecular Hbond substituents is 1. The van der Waals surface area contributed by atoms with Gasteiger partial charge in [0.2, 0.25) is 5.75 Å². The van der Waals surface area contributed by atoms with Crippen LogP contribution in [0.2, 0.25) is 0 Å². The fourth-order valence-electron chi connectivity index (χ4n) is 2.87. The van der Waals surface area contributed by atoms with Gasteiger partial charge in [0.1, 0.15) is 11.2 Å². The third-order valence-corrected chi connectivity index (χ3v) is 4.11. The fraction of sp³-hybridized carbons (Fsp3) is 0.625. The summed E-state index contributed by atoms with van der Waals surface area (Å²) < 4.78 is 11.9. The Morgan fingerprint density at radius 3 is 1.74 bits per heavy atom. The van der Waals surface area contributed by atoms with E-state index in [1.165, 1.54) is 0 Å². The molecule has 3 nitrogen and oxygen atoms in total. The number of aromatic hydroxyl groups is 1. The Bertz CT molecular complexity index is 485. The summed E-state index contributed by atoms with van der Waals surface area (Å²) in [5.41, 5.74) is 1.78. The number of phenols is 1. The molecule has 1 aromatic carbocycles. The predicted molar refractivity (Wildman–Crippen MR) is 74.2 cm³/mol. The zero-order chi connectivity index (χ0) is 13.8. The van der Waals surface area contributed by atoms with Gasteiger partial charge in [-0.05, 0) is 70.6 Å². The van der Waals surface area contributed by atoms with Gasteiger partial charge >= 0.3 is 0 Å². The molecule has 0 unspecified atom stereocenters. The van der Waals surface area contributed by atoms with Crippen LogP contribution >= 0.6 is 0 Å². The summed E-state index contributed by atoms with van der Waals surface area (Å²) in [7, 11) is 0. The van der Waals surface area contributed by atoms with Gasteiger partial charge in [0.25, 0.3) is 0 Å². The maximum absolute atomic E-state index is 10.5. The van der Waals surface area contributed by atoms with Crippen LogP contribution in [0.3, 0.4) is 0 Å². The van der Waals surface area contributed by atoms with Crippen molar-refractivity contribution in [1.29, 1.82) is 0 Å². The SMILES string of the molecule is CC1(C)CCc2cc3c(c(O)c2O1)OC(C)(C)CC3. The Labute approximate surface area is 114 Å². The highest BCUT2D eigenvalue weighted by molar-refractivity contribution is 5.60. The summed E-state index contributed by atoms with van der Waals surface area (Å²) in [6.07, 6.45) is 3.86. The molecule has 0 aliphatic carbocycles. The number of hydrogen-bond acceptors (Lipinski definition) is 3. The number of aryl methyl sites for hydroxylation is 2. The molecule has 3 rings (SSSR count). The van der Waals surface area contributed by atoms with E-state index in [4.69, 9.17) is 9.47 Å². The largest absolute Gasteiger partial charge is 0.502 e. The van der Waals surface area contributed by atoms with E-state index in [0.717, 1.165) is 36.8 Å². The van der Waals surface area contributed by atoms with Crippen molar-refractivity contribution in [2.45, 2.75) is 64.6 Å². The van der Waals surface area contributed by atoms with Crippen LogP contribution < -0.4 is 9.47 Å². The lowest BCUT2D eigenvalue weighted by molar-refractivity contribution is 0.0662. The first kappa shape index (κ1) is 12.6. The van der Waals surface area contributed by atoms with Crippen molar-refractivity contribution in [3.63, 3.8) is 0 Å². The van der Waals surface area contributed by atoms with Crippen molar-refractivity contribution in [1.82, 2.24) is 0 Å². The molecule has 2 heterocycles. The molecule has 0 bridgehead atoms. The summed E-state index contributed by atoms with van der Waals surface area (Å²) in [6, 6.07) is 2.15. The molecule has 104 valence electrons. The first-order valence-electron chi connectivity index (χ1n) is 7.03. The molecule has 19 heavy (non-hydrogen) atoms. The third kappa shape index (κ3) is 2.15. The van der Waals surface area contributed by atoms with E-state index in [1.807, 2.05) is 0 Å². The van der Waals surface area contributed by atoms with Crippen LogP contribution in [0.1, 0.15) is 51.7 Å². The van der Waals surface area contributed by atoms with Crippen LogP contribution in [-0.2, 0) is 12.8 Å². The van der Waals surface area contributed by atoms with E-state index in [-0.39, 0.29) is 17.0 Å². The summed E-state index contributed by atoms with van der Waals surface area (Å²) in [4.78, 5) is 0. The molecule has 1 aromatic rings. The summed E-state index contributed by atoms with van der Waals surface area (Å²) in [5.74, 6) is 1.42. The third-order valence-electron chi connectivity index (χ3n) is 4.11. The van der Waals surface area contributed by atoms with E-state index in [9.17, 15) is 5.11 Å². The molecule has 0 amide bonds. The predicted octanol–water partition coefficient (Wildman–Crippen LogP) is 3.60. The Kier molecular flexibility index (Phi) is 2.54. The van der Waals surface area contributed by atoms with Crippen LogP contribution in [0.25, 0.3) is 0 Å². The molecule has 0 spiro atoms. The number of rotatable bonds is 0. The van der Waals surface area contributed by atoms with Crippen molar-refractivity contribution in [2.24, 2.45) is 0 Å². The lowest BCUT2D eigenvalue weighted by Gasteiger charge is -2.37. The molecule has 0 atom stereocenters. The van der Waals surface area contributed by atoms with Crippen LogP contribution in [0.15, 0.2) is 6.07 Å². The van der Waals surface area contributed by atoms with E-state index in [0.29, 0.717) is 11.5 Å². The van der Waals surface area contributed by atoms with E-state index in [2.05, 4.69) is 33.8 Å². The molecule has 0 saturated carbocycles. The lowest BCUT2D eigenvalue weighted by Crippen LogP contribution is -2.35. The second-order valence-electron chi connectivity index (χ2n) is 6.93. The van der Waals surface area contributed by atoms with E-state index < -0.39 is 0 Å². The Balaban J connectivity index is 2.09. The first-order chi connectivity index (χ1) is 8.77. The van der Waals surface area contributed by atoms with Crippen molar-refractivity contribution < 1.29 is 14.6 Å². The highest BCUT2D eigenvalue weighted by Crippen LogP contribution is 2.49. The zero-order valence-corrected chi connectivity index (χ0v) is 12.2. The van der Waals surface area contributed by atoms with Gasteiger partial charge in [-0.2, -0.15) is 0 Å². The zero-order valence-electron chi connectivity index (χ0n) is 12.2. The van der Waals surface area contributed by atoms with Crippen LogP contribution in [-0.4, -0.2) is 16.3 Å². The fourth-order valence-corrected chi connectivity index (χ4v) is 2.87. The maximum Gasteiger partial charge on any atom is 0.201 e. The van der Waals surface area contributed by atoms with Gasteiger partial charge in [0.15, 0.2) is 11.5 Å². The second-order valence-corrected chi connectivity index (χ2v) is 6.93. The molecule has 1 N–H and O–H groups in total. The molecule has 0 radical (unpaired) electrons. The standard InChI is InChI=1S/C16H22O3/c1-15(2)7-5-10-9-11-6-8-16(3,4)19-14(11)12(17)13(10)18-15/h9,17H,5-8H2,1-4H3. The summed E-state index contributed by atoms with van der Waals surface area (Å²) >= 11 is 0. The average Bonchev–Trinajstić information content (AvgIpc) is 2.30. The Morgan fingerprint density at radius 1 is 0.895 bits per heavy atom. The minimum Gasteiger partial charge on any atom is -0.502 e. The van der Waals surface area contributed by atoms with Crippen molar-refractivity contribution in [3.05, 3.63) is 17.2 Å². The van der Waals surface area contributed by atoms with Crippen molar-refractivity contribution >= 4 is 0 Å². The van der Waals surface area contributed by atoms with Gasteiger partial charge in [0.05, 0.1) is 0 Å². The van der Waals surface area contributed by atoms with Gasteiger partial charge in [-0.1, -0.05) is 0 Å². The molecule has 3 heteroatoms. The summed E-state index contributed by atoms with van der Waals surface area (Å²) in [6.45, 7) is 8.22. The molecular weight excluding hydrogens is 240 g/mol. The van der Waals surface area contributed by atoms with Crippen LogP contribution in [0.4, 0.5) is 0 Å². The molecular formula is C16H22O3. The van der Waals surface area contributed by atoms with E-state index >= 15 is 0 Å². The Hall–Kier alpha value is -1.38. The second kappa shape index (κ2) is 3.81. The van der Waals surface area contributed by atoms with Gasteiger partial charge in [-0.15, -0.1) is 0 Å². The lowest BCUT2D eigenvalue weighted by atomic mass is 9.89. The monoisotopic (exact) mass is 262 g/mol. The topological polar surface area (TPSA) is 38.7 Å². The van der Waals surface area contributed by atoms with Crippen LogP contribution in [0.5, 0.6) is 17.2 Å². The number of ether oxygens (including phenoxy) is 2. The van der Waals surface area contributed by atoms with Crippen molar-refractivity contribution in [3.8, 4) is 17.2 Å². The molecule has 2 aliphatic heterocycles. The number of benzene rings is 1. The molecule has 2 aliphatic rings. The molecule has 0 fully saturated rings. The molecule has 0 saturated heterocycles. The first-order valence-corrected chi connectivity index (χ1v) is 7.03. The van der Waals surface area contributed by atoms with Gasteiger partial charge in [-0.3, -0.25) is 0 Å². The number of fused-ring (bicyclic) bond motifs is 2. The highest BCUT2D eigenvalue weighted by atomic mass is 16.5. The summed E-state index contributed by atoms with van der Waals surface area (Å²) in [5, 5.41) is 10.5. The average molecular weight is 262 g/mol. The van der Waals surface area contributed by atoms with Gasteiger partial charge in [0, 0.05) is 0 Å². The van der Waals surface area contributed by atoms with E-state index in [1.54, 1.807) is 0 Å². The Morgan fingerprint density at radius 2 is 1.32 bits per heavy atom. The highest BCUT2D eigenvalue weighted by Gasteiger charge is 2.35.